The second-order valence-electron chi connectivity index (χ2n) is 7.31. The molecule has 0 bridgehead atoms. The highest BCUT2D eigenvalue weighted by molar-refractivity contribution is 5.89. The summed E-state index contributed by atoms with van der Waals surface area (Å²) in [5.74, 6) is -0.0826. The van der Waals surface area contributed by atoms with Crippen LogP contribution in [0.1, 0.15) is 58.7 Å². The van der Waals surface area contributed by atoms with Crippen LogP contribution in [-0.2, 0) is 16.8 Å². The monoisotopic (exact) mass is 355 g/mol. The molecular formula is C21H25NO4. The molecule has 0 saturated heterocycles. The number of carboxylic acid groups (broad SMARTS) is 1. The number of benzene rings is 1. The van der Waals surface area contributed by atoms with Crippen molar-refractivity contribution in [3.63, 3.8) is 0 Å². The highest BCUT2D eigenvalue weighted by atomic mass is 16.4. The van der Waals surface area contributed by atoms with E-state index in [2.05, 4.69) is 6.07 Å². The van der Waals surface area contributed by atoms with Crippen LogP contribution in [0.25, 0.3) is 0 Å². The number of hydrogen-bond donors (Lipinski definition) is 1. The van der Waals surface area contributed by atoms with Gasteiger partial charge < -0.3 is 14.4 Å². The van der Waals surface area contributed by atoms with E-state index in [4.69, 9.17) is 4.42 Å². The molecule has 1 aliphatic rings. The van der Waals surface area contributed by atoms with Gasteiger partial charge in [0.1, 0.15) is 17.1 Å². The lowest BCUT2D eigenvalue weighted by Gasteiger charge is -2.33. The Hall–Kier alpha value is -2.56. The molecule has 0 atom stereocenters. The number of nitrogens with zero attached hydrogens (tertiary/aromatic N) is 1. The highest BCUT2D eigenvalue weighted by Crippen LogP contribution is 2.43. The van der Waals surface area contributed by atoms with Crippen molar-refractivity contribution in [2.75, 3.05) is 7.05 Å². The smallest absolute Gasteiger partial charge is 0.339 e. The van der Waals surface area contributed by atoms with Gasteiger partial charge in [-0.1, -0.05) is 42.7 Å². The van der Waals surface area contributed by atoms with Crippen molar-refractivity contribution in [1.82, 2.24) is 4.90 Å². The van der Waals surface area contributed by atoms with Crippen LogP contribution in [0.3, 0.4) is 0 Å². The first kappa shape index (κ1) is 18.2. The Kier molecular flexibility index (Phi) is 4.90. The average molecular weight is 355 g/mol. The van der Waals surface area contributed by atoms with Gasteiger partial charge in [0.05, 0.1) is 12.0 Å². The number of carboxylic acids is 1. The minimum atomic E-state index is -1.02. The highest BCUT2D eigenvalue weighted by Gasteiger charge is 2.44. The van der Waals surface area contributed by atoms with E-state index >= 15 is 0 Å². The SMILES string of the molecule is Cc1cccc(C2(C(=O)N(C)Cc3cc(C(=O)O)c(C)o3)CCCC2)c1. The van der Waals surface area contributed by atoms with Gasteiger partial charge in [-0.05, 0) is 38.3 Å². The predicted octanol–water partition coefficient (Wildman–Crippen LogP) is 4.07. The summed E-state index contributed by atoms with van der Waals surface area (Å²) >= 11 is 0. The summed E-state index contributed by atoms with van der Waals surface area (Å²) < 4.78 is 5.54. The molecular weight excluding hydrogens is 330 g/mol. The number of hydrogen-bond acceptors (Lipinski definition) is 3. The average Bonchev–Trinajstić information content (AvgIpc) is 3.22. The fraction of sp³-hybridized carbons (Fsp3) is 0.429. The van der Waals surface area contributed by atoms with Gasteiger partial charge in [0.2, 0.25) is 5.91 Å². The third kappa shape index (κ3) is 3.26. The Morgan fingerprint density at radius 2 is 1.88 bits per heavy atom. The van der Waals surface area contributed by atoms with E-state index in [0.29, 0.717) is 11.5 Å². The van der Waals surface area contributed by atoms with E-state index in [1.165, 1.54) is 6.07 Å². The maximum absolute atomic E-state index is 13.4. The molecule has 5 nitrogen and oxygen atoms in total. The van der Waals surface area contributed by atoms with Crippen molar-refractivity contribution >= 4 is 11.9 Å². The zero-order valence-corrected chi connectivity index (χ0v) is 15.5. The summed E-state index contributed by atoms with van der Waals surface area (Å²) in [6, 6.07) is 9.71. The number of amides is 1. The summed E-state index contributed by atoms with van der Waals surface area (Å²) in [4.78, 5) is 26.2. The van der Waals surface area contributed by atoms with E-state index in [1.54, 1.807) is 18.9 Å². The largest absolute Gasteiger partial charge is 0.478 e. The van der Waals surface area contributed by atoms with Crippen molar-refractivity contribution in [2.24, 2.45) is 0 Å². The molecule has 0 radical (unpaired) electrons. The third-order valence-corrected chi connectivity index (χ3v) is 5.38. The van der Waals surface area contributed by atoms with Crippen LogP contribution in [0.5, 0.6) is 0 Å². The van der Waals surface area contributed by atoms with Crippen molar-refractivity contribution in [3.05, 3.63) is 58.5 Å². The molecule has 1 aromatic carbocycles. The second kappa shape index (κ2) is 6.98. The number of rotatable bonds is 5. The summed E-state index contributed by atoms with van der Waals surface area (Å²) in [6.45, 7) is 3.93. The predicted molar refractivity (Wildman–Crippen MR) is 98.2 cm³/mol. The van der Waals surface area contributed by atoms with E-state index in [0.717, 1.165) is 36.8 Å². The minimum Gasteiger partial charge on any atom is -0.478 e. The molecule has 1 saturated carbocycles. The van der Waals surface area contributed by atoms with Gasteiger partial charge >= 0.3 is 5.97 Å². The summed E-state index contributed by atoms with van der Waals surface area (Å²) in [5, 5.41) is 9.17. The Labute approximate surface area is 153 Å². The van der Waals surface area contributed by atoms with Crippen LogP contribution in [0.2, 0.25) is 0 Å². The standard InChI is InChI=1S/C21H25NO4/c1-14-7-6-8-16(11-14)21(9-4-5-10-21)20(25)22(3)13-17-12-18(19(23)24)15(2)26-17/h6-8,11-12H,4-5,9-10,13H2,1-3H3,(H,23,24). The first-order valence-corrected chi connectivity index (χ1v) is 8.99. The van der Waals surface area contributed by atoms with Gasteiger partial charge in [-0.15, -0.1) is 0 Å². The molecule has 1 heterocycles. The maximum atomic E-state index is 13.4. The van der Waals surface area contributed by atoms with Crippen molar-refractivity contribution in [2.45, 2.75) is 51.5 Å². The van der Waals surface area contributed by atoms with Crippen LogP contribution in [-0.4, -0.2) is 28.9 Å². The van der Waals surface area contributed by atoms with Gasteiger partial charge in [0.15, 0.2) is 0 Å². The van der Waals surface area contributed by atoms with Crippen molar-refractivity contribution in [3.8, 4) is 0 Å². The quantitative estimate of drug-likeness (QED) is 0.878. The van der Waals surface area contributed by atoms with E-state index in [-0.39, 0.29) is 18.0 Å². The fourth-order valence-electron chi connectivity index (χ4n) is 4.05. The summed E-state index contributed by atoms with van der Waals surface area (Å²) in [7, 11) is 1.76. The number of likely N-dealkylation sites (N-methyl/N-ethyl adjacent to an activating group) is 1. The molecule has 5 heteroatoms. The summed E-state index contributed by atoms with van der Waals surface area (Å²) in [5.41, 5.74) is 1.89. The van der Waals surface area contributed by atoms with Crippen molar-refractivity contribution in [1.29, 1.82) is 0 Å². The molecule has 3 rings (SSSR count). The molecule has 0 unspecified atom stereocenters. The molecule has 1 amide bonds. The van der Waals surface area contributed by atoms with Crippen molar-refractivity contribution < 1.29 is 19.1 Å². The van der Waals surface area contributed by atoms with Crippen LogP contribution in [0, 0.1) is 13.8 Å². The fourth-order valence-corrected chi connectivity index (χ4v) is 4.05. The van der Waals surface area contributed by atoms with Gasteiger partial charge in [-0.2, -0.15) is 0 Å². The second-order valence-corrected chi connectivity index (χ2v) is 7.31. The lowest BCUT2D eigenvalue weighted by atomic mass is 9.77. The van der Waals surface area contributed by atoms with E-state index in [9.17, 15) is 14.7 Å². The Balaban J connectivity index is 1.86. The van der Waals surface area contributed by atoms with E-state index in [1.807, 2.05) is 25.1 Å². The molecule has 1 aliphatic carbocycles. The first-order valence-electron chi connectivity index (χ1n) is 8.99. The number of carbonyl (C=O) groups excluding carboxylic acids is 1. The molecule has 1 N–H and O–H groups in total. The lowest BCUT2D eigenvalue weighted by Crippen LogP contribution is -2.43. The van der Waals surface area contributed by atoms with Gasteiger partial charge in [0, 0.05) is 7.05 Å². The molecule has 1 fully saturated rings. The number of aryl methyl sites for hydroxylation is 2. The van der Waals surface area contributed by atoms with Gasteiger partial charge in [0.25, 0.3) is 0 Å². The maximum Gasteiger partial charge on any atom is 0.339 e. The lowest BCUT2D eigenvalue weighted by molar-refractivity contribution is -0.136. The molecule has 138 valence electrons. The Morgan fingerprint density at radius 3 is 2.46 bits per heavy atom. The number of carbonyl (C=O) groups is 2. The number of furan rings is 1. The molecule has 26 heavy (non-hydrogen) atoms. The first-order chi connectivity index (χ1) is 12.3. The molecule has 1 aromatic heterocycles. The van der Waals surface area contributed by atoms with E-state index < -0.39 is 11.4 Å². The molecule has 0 spiro atoms. The third-order valence-electron chi connectivity index (χ3n) is 5.38. The number of aromatic carboxylic acids is 1. The molecule has 2 aromatic rings. The topological polar surface area (TPSA) is 70.8 Å². The summed E-state index contributed by atoms with van der Waals surface area (Å²) in [6.07, 6.45) is 3.77. The van der Waals surface area contributed by atoms with Crippen LogP contribution in [0.15, 0.2) is 34.7 Å². The Bertz CT molecular complexity index is 830. The minimum absolute atomic E-state index is 0.0755. The van der Waals surface area contributed by atoms with Crippen LogP contribution >= 0.6 is 0 Å². The zero-order valence-electron chi connectivity index (χ0n) is 15.5. The Morgan fingerprint density at radius 1 is 1.19 bits per heavy atom. The molecule has 0 aliphatic heterocycles. The van der Waals surface area contributed by atoms with Crippen LogP contribution in [0.4, 0.5) is 0 Å². The van der Waals surface area contributed by atoms with Crippen LogP contribution < -0.4 is 0 Å². The van der Waals surface area contributed by atoms with Gasteiger partial charge in [-0.25, -0.2) is 4.79 Å². The normalized spacial score (nSPS) is 15.8. The van der Waals surface area contributed by atoms with Gasteiger partial charge in [-0.3, -0.25) is 4.79 Å². The zero-order chi connectivity index (χ0) is 18.9.